The summed E-state index contributed by atoms with van der Waals surface area (Å²) in [4.78, 5) is 0. The minimum absolute atomic E-state index is 0.398. The Kier molecular flexibility index (Phi) is 3.80. The Balaban J connectivity index is 4.92. The zero-order valence-electron chi connectivity index (χ0n) is 7.27. The maximum atomic E-state index is 12.5. The molecule has 0 saturated heterocycles. The average Bonchev–Trinajstić information content (AvgIpc) is 2.03. The second-order valence-corrected chi connectivity index (χ2v) is 2.87. The molecule has 0 aliphatic heterocycles. The third-order valence-corrected chi connectivity index (χ3v) is 1.65. The Labute approximate surface area is 76.1 Å². The van der Waals surface area contributed by atoms with E-state index in [0.717, 1.165) is 6.92 Å². The van der Waals surface area contributed by atoms with Gasteiger partial charge in [0.1, 0.15) is 0 Å². The minimum Gasteiger partial charge on any atom is -0.244 e. The monoisotopic (exact) mass is 226 g/mol. The molecule has 86 valence electrons. The number of hydrogen-bond acceptors (Lipinski definition) is 0. The molecule has 0 atom stereocenters. The molecule has 14 heavy (non-hydrogen) atoms. The normalized spacial score (nSPS) is 14.6. The van der Waals surface area contributed by atoms with Crippen molar-refractivity contribution in [3.63, 3.8) is 0 Å². The van der Waals surface area contributed by atoms with Gasteiger partial charge in [0.25, 0.3) is 0 Å². The van der Waals surface area contributed by atoms with Crippen molar-refractivity contribution >= 4 is 0 Å². The first-order chi connectivity index (χ1) is 6.12. The molecule has 0 bridgehead atoms. The lowest BCUT2D eigenvalue weighted by atomic mass is 10.0. The highest BCUT2D eigenvalue weighted by molar-refractivity contribution is 4.95. The smallest absolute Gasteiger partial charge is 0.244 e. The van der Waals surface area contributed by atoms with Gasteiger partial charge in [0.05, 0.1) is 0 Å². The molecule has 0 N–H and O–H groups in total. The van der Waals surface area contributed by atoms with Crippen LogP contribution in [0.15, 0.2) is 0 Å². The van der Waals surface area contributed by atoms with Crippen LogP contribution in [0.2, 0.25) is 0 Å². The van der Waals surface area contributed by atoms with Crippen molar-refractivity contribution in [2.24, 2.45) is 0 Å². The summed E-state index contributed by atoms with van der Waals surface area (Å²) in [6.07, 6.45) is -1.81. The van der Waals surface area contributed by atoms with Gasteiger partial charge < -0.3 is 0 Å². The molecule has 0 aromatic heterocycles. The Morgan fingerprint density at radius 1 is 0.857 bits per heavy atom. The van der Waals surface area contributed by atoms with E-state index < -0.39 is 37.3 Å². The van der Waals surface area contributed by atoms with E-state index in [-0.39, 0.29) is 0 Å². The summed E-state index contributed by atoms with van der Waals surface area (Å²) in [6.45, 7) is -1.67. The van der Waals surface area contributed by atoms with E-state index in [1.54, 1.807) is 0 Å². The van der Waals surface area contributed by atoms with Crippen LogP contribution in [0, 0.1) is 0 Å². The summed E-state index contributed by atoms with van der Waals surface area (Å²) >= 11 is 0. The first kappa shape index (κ1) is 13.5. The van der Waals surface area contributed by atoms with Crippen molar-refractivity contribution in [1.29, 1.82) is 0 Å². The van der Waals surface area contributed by atoms with Crippen LogP contribution in [0.1, 0.15) is 19.8 Å². The SMILES string of the molecule is CCCC(F)(F)C(F)(F)C(F)(F)CF. The number of halogens is 7. The van der Waals surface area contributed by atoms with Gasteiger partial charge in [0.15, 0.2) is 6.67 Å². The van der Waals surface area contributed by atoms with Crippen LogP contribution in [0.4, 0.5) is 30.7 Å². The molecule has 0 nitrogen and oxygen atoms in total. The molecule has 0 radical (unpaired) electrons. The summed E-state index contributed by atoms with van der Waals surface area (Å²) in [5, 5.41) is 0. The zero-order valence-corrected chi connectivity index (χ0v) is 7.27. The van der Waals surface area contributed by atoms with Crippen molar-refractivity contribution in [3.8, 4) is 0 Å². The molecular weight excluding hydrogens is 217 g/mol. The van der Waals surface area contributed by atoms with Gasteiger partial charge in [0.2, 0.25) is 0 Å². The molecule has 7 heteroatoms. The van der Waals surface area contributed by atoms with Crippen LogP contribution < -0.4 is 0 Å². The Morgan fingerprint density at radius 2 is 1.29 bits per heavy atom. The van der Waals surface area contributed by atoms with Gasteiger partial charge in [-0.3, -0.25) is 0 Å². The van der Waals surface area contributed by atoms with Crippen LogP contribution in [0.3, 0.4) is 0 Å². The standard InChI is InChI=1S/C7H9F7/c1-2-3-5(9,10)7(13,14)6(11,12)4-8/h2-4H2,1H3. The third kappa shape index (κ3) is 2.12. The lowest BCUT2D eigenvalue weighted by Crippen LogP contribution is -2.55. The maximum Gasteiger partial charge on any atom is 0.374 e. The van der Waals surface area contributed by atoms with Gasteiger partial charge in [0, 0.05) is 6.42 Å². The number of hydrogen-bond donors (Lipinski definition) is 0. The molecule has 0 unspecified atom stereocenters. The third-order valence-electron chi connectivity index (χ3n) is 1.65. The largest absolute Gasteiger partial charge is 0.374 e. The van der Waals surface area contributed by atoms with Crippen molar-refractivity contribution in [1.82, 2.24) is 0 Å². The molecule has 0 heterocycles. The number of alkyl halides is 7. The molecule has 0 rings (SSSR count). The first-order valence-corrected chi connectivity index (χ1v) is 3.82. The predicted octanol–water partition coefficient (Wildman–Crippen LogP) is 3.66. The molecule has 0 aliphatic carbocycles. The maximum absolute atomic E-state index is 12.5. The topological polar surface area (TPSA) is 0 Å². The van der Waals surface area contributed by atoms with E-state index in [0.29, 0.717) is 0 Å². The lowest BCUT2D eigenvalue weighted by molar-refractivity contribution is -0.313. The van der Waals surface area contributed by atoms with Gasteiger partial charge in [-0.1, -0.05) is 13.3 Å². The van der Waals surface area contributed by atoms with Gasteiger partial charge in [-0.2, -0.15) is 26.3 Å². The lowest BCUT2D eigenvalue weighted by Gasteiger charge is -2.31. The fourth-order valence-electron chi connectivity index (χ4n) is 0.822. The predicted molar refractivity (Wildman–Crippen MR) is 35.7 cm³/mol. The van der Waals surface area contributed by atoms with Crippen LogP contribution in [0.5, 0.6) is 0 Å². The van der Waals surface area contributed by atoms with E-state index >= 15 is 0 Å². The summed E-state index contributed by atoms with van der Waals surface area (Å²) in [7, 11) is 0. The number of rotatable bonds is 5. The minimum atomic E-state index is -5.65. The highest BCUT2D eigenvalue weighted by atomic mass is 19.3. The summed E-state index contributed by atoms with van der Waals surface area (Å²) in [5.74, 6) is -15.9. The average molecular weight is 226 g/mol. The van der Waals surface area contributed by atoms with Gasteiger partial charge in [-0.25, -0.2) is 4.39 Å². The highest BCUT2D eigenvalue weighted by Gasteiger charge is 2.70. The van der Waals surface area contributed by atoms with Crippen LogP contribution >= 0.6 is 0 Å². The molecule has 0 spiro atoms. The molecule has 0 aliphatic rings. The van der Waals surface area contributed by atoms with E-state index in [2.05, 4.69) is 0 Å². The van der Waals surface area contributed by atoms with Crippen molar-refractivity contribution < 1.29 is 30.7 Å². The van der Waals surface area contributed by atoms with E-state index in [1.165, 1.54) is 0 Å². The fraction of sp³-hybridized carbons (Fsp3) is 1.00. The molecule has 0 aromatic carbocycles. The molecule has 0 aromatic rings. The molecule has 0 fully saturated rings. The van der Waals surface area contributed by atoms with E-state index in [1.807, 2.05) is 0 Å². The van der Waals surface area contributed by atoms with Crippen LogP contribution in [0.25, 0.3) is 0 Å². The van der Waals surface area contributed by atoms with Crippen LogP contribution in [-0.2, 0) is 0 Å². The Bertz CT molecular complexity index is 186. The second-order valence-electron chi connectivity index (χ2n) is 2.87. The fourth-order valence-corrected chi connectivity index (χ4v) is 0.822. The molecular formula is C7H9F7. The first-order valence-electron chi connectivity index (χ1n) is 3.82. The Morgan fingerprint density at radius 3 is 1.57 bits per heavy atom. The zero-order chi connectivity index (χ0) is 11.6. The van der Waals surface area contributed by atoms with Crippen molar-refractivity contribution in [3.05, 3.63) is 0 Å². The van der Waals surface area contributed by atoms with Gasteiger partial charge in [-0.15, -0.1) is 0 Å². The Hall–Kier alpha value is -0.490. The summed E-state index contributed by atoms with van der Waals surface area (Å²) < 4.78 is 85.6. The van der Waals surface area contributed by atoms with Gasteiger partial charge >= 0.3 is 17.8 Å². The summed E-state index contributed by atoms with van der Waals surface area (Å²) in [6, 6.07) is 0. The van der Waals surface area contributed by atoms with E-state index in [4.69, 9.17) is 0 Å². The van der Waals surface area contributed by atoms with E-state index in [9.17, 15) is 30.7 Å². The van der Waals surface area contributed by atoms with Crippen molar-refractivity contribution in [2.75, 3.05) is 6.67 Å². The highest BCUT2D eigenvalue weighted by Crippen LogP contribution is 2.47. The van der Waals surface area contributed by atoms with Gasteiger partial charge in [-0.05, 0) is 0 Å². The second kappa shape index (κ2) is 3.94. The molecule has 0 amide bonds. The quantitative estimate of drug-likeness (QED) is 0.627. The molecule has 0 saturated carbocycles. The van der Waals surface area contributed by atoms with Crippen molar-refractivity contribution in [2.45, 2.75) is 37.5 Å². The van der Waals surface area contributed by atoms with Crippen LogP contribution in [-0.4, -0.2) is 24.4 Å². The summed E-state index contributed by atoms with van der Waals surface area (Å²) in [5.41, 5.74) is 0.